The first kappa shape index (κ1) is 39.3. The van der Waals surface area contributed by atoms with Crippen molar-refractivity contribution < 1.29 is 28.7 Å². The number of carbonyl (C=O) groups excluding carboxylic acids is 4. The summed E-state index contributed by atoms with van der Waals surface area (Å²) in [5.74, 6) is -1.13. The third-order valence-corrected chi connectivity index (χ3v) is 7.81. The Morgan fingerprint density at radius 1 is 0.615 bits per heavy atom. The lowest BCUT2D eigenvalue weighted by Crippen LogP contribution is -2.31. The normalized spacial score (nSPS) is 12.3. The number of rotatable bonds is 17. The molecule has 2 amide bonds. The minimum Gasteiger partial charge on any atom is -0.494 e. The number of carbonyl (C=O) groups is 4. The second-order valence-corrected chi connectivity index (χ2v) is 12.3. The van der Waals surface area contributed by atoms with E-state index in [0.29, 0.717) is 47.2 Å². The average Bonchev–Trinajstić information content (AvgIpc) is 3.11. The molecule has 14 heteroatoms. The van der Waals surface area contributed by atoms with Gasteiger partial charge < -0.3 is 20.1 Å². The summed E-state index contributed by atoms with van der Waals surface area (Å²) in [7, 11) is 0. The lowest BCUT2D eigenvalue weighted by atomic mass is 10.0. The molecule has 2 unspecified atom stereocenters. The van der Waals surface area contributed by atoms with E-state index in [1.807, 2.05) is 13.8 Å². The largest absolute Gasteiger partial charge is 0.494 e. The van der Waals surface area contributed by atoms with Crippen molar-refractivity contribution in [1.82, 2.24) is 0 Å². The van der Waals surface area contributed by atoms with E-state index in [0.717, 1.165) is 12.8 Å². The molecule has 12 nitrogen and oxygen atoms in total. The zero-order chi connectivity index (χ0) is 37.6. The number of amides is 2. The molecule has 0 bridgehead atoms. The standard InChI is InChI=1S/C38H38Cl2N6O6/c1-5-17-51-29-11-7-9-27(21-29)41-37(49)35(23(3)47)45-43-33-15-13-25(19-31(33)39)26-14-16-34(32(40)20-26)44-46-36(24(4)48)38(50)42-28-10-8-12-30(22-28)52-18-6-2/h7-16,19-22,35-36H,5-6,17-18H2,1-4H3,(H,41,49)(H,42,50). The summed E-state index contributed by atoms with van der Waals surface area (Å²) < 4.78 is 11.2. The molecule has 270 valence electrons. The van der Waals surface area contributed by atoms with Gasteiger partial charge in [-0.3, -0.25) is 19.2 Å². The van der Waals surface area contributed by atoms with Gasteiger partial charge in [-0.05, 0) is 86.3 Å². The second kappa shape index (κ2) is 19.2. The van der Waals surface area contributed by atoms with E-state index in [4.69, 9.17) is 32.7 Å². The molecule has 0 spiro atoms. The lowest BCUT2D eigenvalue weighted by molar-refractivity contribution is -0.127. The van der Waals surface area contributed by atoms with Gasteiger partial charge in [0.1, 0.15) is 22.9 Å². The van der Waals surface area contributed by atoms with Gasteiger partial charge in [0.05, 0.1) is 23.3 Å². The number of benzene rings is 4. The summed E-state index contributed by atoms with van der Waals surface area (Å²) in [5, 5.41) is 22.0. The van der Waals surface area contributed by atoms with Crippen molar-refractivity contribution in [3.05, 3.63) is 95.0 Å². The van der Waals surface area contributed by atoms with Crippen molar-refractivity contribution in [3.8, 4) is 22.6 Å². The van der Waals surface area contributed by atoms with Gasteiger partial charge in [-0.1, -0.05) is 61.3 Å². The van der Waals surface area contributed by atoms with E-state index in [1.54, 1.807) is 84.9 Å². The highest BCUT2D eigenvalue weighted by molar-refractivity contribution is 6.34. The molecular formula is C38H38Cl2N6O6. The molecule has 0 heterocycles. The Morgan fingerprint density at radius 2 is 1.02 bits per heavy atom. The number of ether oxygens (including phenoxy) is 2. The van der Waals surface area contributed by atoms with Crippen LogP contribution in [0.5, 0.6) is 11.5 Å². The minimum absolute atomic E-state index is 0.211. The van der Waals surface area contributed by atoms with Crippen LogP contribution in [0.1, 0.15) is 40.5 Å². The summed E-state index contributed by atoms with van der Waals surface area (Å²) in [6, 6.07) is 20.8. The highest BCUT2D eigenvalue weighted by Gasteiger charge is 2.25. The fourth-order valence-corrected chi connectivity index (χ4v) is 5.04. The Bertz CT molecular complexity index is 1840. The van der Waals surface area contributed by atoms with Gasteiger partial charge in [-0.25, -0.2) is 0 Å². The van der Waals surface area contributed by atoms with Crippen molar-refractivity contribution >= 4 is 69.3 Å². The van der Waals surface area contributed by atoms with E-state index < -0.39 is 35.5 Å². The summed E-state index contributed by atoms with van der Waals surface area (Å²) in [4.78, 5) is 50.5. The number of hydrogen-bond acceptors (Lipinski definition) is 10. The quantitative estimate of drug-likeness (QED) is 0.0809. The predicted molar refractivity (Wildman–Crippen MR) is 202 cm³/mol. The van der Waals surface area contributed by atoms with Crippen LogP contribution in [0.25, 0.3) is 11.1 Å². The molecule has 0 aromatic heterocycles. The van der Waals surface area contributed by atoms with Gasteiger partial charge in [0, 0.05) is 23.5 Å². The fraction of sp³-hybridized carbons (Fsp3) is 0.263. The summed E-state index contributed by atoms with van der Waals surface area (Å²) in [5.41, 5.74) is 2.73. The van der Waals surface area contributed by atoms with Crippen LogP contribution in [0.3, 0.4) is 0 Å². The maximum atomic E-state index is 12.9. The van der Waals surface area contributed by atoms with Gasteiger partial charge in [0.15, 0.2) is 11.6 Å². The van der Waals surface area contributed by atoms with E-state index >= 15 is 0 Å². The summed E-state index contributed by atoms with van der Waals surface area (Å²) >= 11 is 13.0. The van der Waals surface area contributed by atoms with E-state index in [9.17, 15) is 19.2 Å². The number of hydrogen-bond donors (Lipinski definition) is 2. The molecule has 2 N–H and O–H groups in total. The minimum atomic E-state index is -1.40. The molecule has 0 saturated carbocycles. The molecule has 0 aliphatic carbocycles. The molecule has 52 heavy (non-hydrogen) atoms. The average molecular weight is 746 g/mol. The first-order valence-electron chi connectivity index (χ1n) is 16.5. The Balaban J connectivity index is 1.43. The van der Waals surface area contributed by atoms with Crippen LogP contribution in [-0.2, 0) is 19.2 Å². The smallest absolute Gasteiger partial charge is 0.258 e. The van der Waals surface area contributed by atoms with Crippen LogP contribution in [0.4, 0.5) is 22.7 Å². The highest BCUT2D eigenvalue weighted by atomic mass is 35.5. The first-order chi connectivity index (χ1) is 25.0. The van der Waals surface area contributed by atoms with Crippen molar-refractivity contribution in [2.45, 2.75) is 52.6 Å². The Morgan fingerprint density at radius 3 is 1.37 bits per heavy atom. The third-order valence-electron chi connectivity index (χ3n) is 7.21. The number of ketones is 2. The molecule has 4 aromatic rings. The maximum absolute atomic E-state index is 12.9. The van der Waals surface area contributed by atoms with E-state index in [-0.39, 0.29) is 21.4 Å². The van der Waals surface area contributed by atoms with Gasteiger partial charge >= 0.3 is 0 Å². The number of nitrogens with zero attached hydrogens (tertiary/aromatic N) is 4. The molecule has 4 aromatic carbocycles. The SMILES string of the molecule is CCCOc1cccc(NC(=O)C(N=Nc2ccc(-c3ccc(N=NC(C(C)=O)C(=O)Nc4cccc(OCCC)c4)c(Cl)c3)cc2Cl)C(C)=O)c1. The van der Waals surface area contributed by atoms with Crippen molar-refractivity contribution in [2.24, 2.45) is 20.5 Å². The molecule has 0 aliphatic rings. The lowest BCUT2D eigenvalue weighted by Gasteiger charge is -2.11. The van der Waals surface area contributed by atoms with Crippen LogP contribution >= 0.6 is 23.2 Å². The summed E-state index contributed by atoms with van der Waals surface area (Å²) in [6.07, 6.45) is 1.66. The van der Waals surface area contributed by atoms with Crippen LogP contribution < -0.4 is 20.1 Å². The Labute approximate surface area is 311 Å². The number of Topliss-reactive ketones (excluding diaryl/α,β-unsaturated/α-hetero) is 2. The molecule has 2 atom stereocenters. The van der Waals surface area contributed by atoms with Crippen molar-refractivity contribution in [3.63, 3.8) is 0 Å². The van der Waals surface area contributed by atoms with Crippen LogP contribution in [-0.4, -0.2) is 48.7 Å². The number of halogens is 2. The predicted octanol–water partition coefficient (Wildman–Crippen LogP) is 9.60. The second-order valence-electron chi connectivity index (χ2n) is 11.5. The molecule has 0 aliphatic heterocycles. The fourth-order valence-electron chi connectivity index (χ4n) is 4.60. The Hall–Kier alpha value is -5.46. The first-order valence-corrected chi connectivity index (χ1v) is 17.2. The highest BCUT2D eigenvalue weighted by Crippen LogP contribution is 2.35. The van der Waals surface area contributed by atoms with Crippen LogP contribution in [0.15, 0.2) is 105 Å². The molecule has 0 saturated heterocycles. The van der Waals surface area contributed by atoms with E-state index in [2.05, 4.69) is 31.1 Å². The molecule has 0 radical (unpaired) electrons. The zero-order valence-electron chi connectivity index (χ0n) is 29.1. The van der Waals surface area contributed by atoms with Crippen LogP contribution in [0, 0.1) is 0 Å². The van der Waals surface area contributed by atoms with E-state index in [1.165, 1.54) is 13.8 Å². The molecule has 4 rings (SSSR count). The summed E-state index contributed by atoms with van der Waals surface area (Å²) in [6.45, 7) is 7.54. The number of azo groups is 2. The van der Waals surface area contributed by atoms with Crippen molar-refractivity contribution in [2.75, 3.05) is 23.8 Å². The van der Waals surface area contributed by atoms with Crippen LogP contribution in [0.2, 0.25) is 10.0 Å². The third kappa shape index (κ3) is 11.3. The molecular weight excluding hydrogens is 707 g/mol. The van der Waals surface area contributed by atoms with Gasteiger partial charge in [0.2, 0.25) is 12.1 Å². The van der Waals surface area contributed by atoms with Crippen molar-refractivity contribution in [1.29, 1.82) is 0 Å². The topological polar surface area (TPSA) is 160 Å². The maximum Gasteiger partial charge on any atom is 0.258 e. The van der Waals surface area contributed by atoms with Gasteiger partial charge in [0.25, 0.3) is 11.8 Å². The van der Waals surface area contributed by atoms with Gasteiger partial charge in [-0.15, -0.1) is 0 Å². The number of anilines is 2. The van der Waals surface area contributed by atoms with Gasteiger partial charge in [-0.2, -0.15) is 20.5 Å². The Kier molecular flexibility index (Phi) is 14.5. The zero-order valence-corrected chi connectivity index (χ0v) is 30.6. The number of nitrogens with one attached hydrogen (secondary N) is 2. The molecule has 0 fully saturated rings. The monoisotopic (exact) mass is 744 g/mol.